The summed E-state index contributed by atoms with van der Waals surface area (Å²) in [7, 11) is 1.97. The zero-order valence-corrected chi connectivity index (χ0v) is 11.6. The lowest BCUT2D eigenvalue weighted by Crippen LogP contribution is -2.41. The van der Waals surface area contributed by atoms with Gasteiger partial charge in [-0.1, -0.05) is 6.92 Å². The van der Waals surface area contributed by atoms with E-state index < -0.39 is 0 Å². The highest BCUT2D eigenvalue weighted by atomic mass is 16.5. The van der Waals surface area contributed by atoms with Crippen molar-refractivity contribution in [1.29, 1.82) is 0 Å². The average Bonchev–Trinajstić information content (AvgIpc) is 2.81. The minimum absolute atomic E-state index is 0.324. The normalized spacial score (nSPS) is 24.3. The molecule has 102 valence electrons. The van der Waals surface area contributed by atoms with Gasteiger partial charge in [-0.2, -0.15) is 5.10 Å². The molecule has 0 amide bonds. The van der Waals surface area contributed by atoms with Crippen LogP contribution in [0.3, 0.4) is 0 Å². The molecule has 2 rings (SSSR count). The molecular formula is C14H25N3O. The van der Waals surface area contributed by atoms with E-state index in [0.29, 0.717) is 5.41 Å². The molecule has 1 aliphatic rings. The predicted octanol–water partition coefficient (Wildman–Crippen LogP) is 1.76. The number of ether oxygens (including phenoxy) is 1. The molecule has 1 aliphatic heterocycles. The average molecular weight is 251 g/mol. The van der Waals surface area contributed by atoms with Crippen LogP contribution in [0.5, 0.6) is 0 Å². The summed E-state index contributed by atoms with van der Waals surface area (Å²) in [6.45, 7) is 6.11. The van der Waals surface area contributed by atoms with E-state index >= 15 is 0 Å². The van der Waals surface area contributed by atoms with Crippen LogP contribution in [0.25, 0.3) is 0 Å². The second kappa shape index (κ2) is 6.34. The van der Waals surface area contributed by atoms with Crippen molar-refractivity contribution in [3.05, 3.63) is 18.0 Å². The molecule has 0 radical (unpaired) electrons. The number of nitrogens with zero attached hydrogens (tertiary/aromatic N) is 2. The maximum atomic E-state index is 5.72. The number of aromatic nitrogens is 2. The van der Waals surface area contributed by atoms with E-state index in [1.54, 1.807) is 0 Å². The van der Waals surface area contributed by atoms with Gasteiger partial charge in [0.05, 0.1) is 12.8 Å². The minimum atomic E-state index is 0.324. The fraction of sp³-hybridized carbons (Fsp3) is 0.786. The van der Waals surface area contributed by atoms with Gasteiger partial charge in [0.15, 0.2) is 0 Å². The van der Waals surface area contributed by atoms with Gasteiger partial charge >= 0.3 is 0 Å². The maximum Gasteiger partial charge on any atom is 0.0534 e. The highest BCUT2D eigenvalue weighted by Gasteiger charge is 2.32. The third-order valence-electron chi connectivity index (χ3n) is 3.86. The summed E-state index contributed by atoms with van der Waals surface area (Å²) in [6.07, 6.45) is 8.85. The van der Waals surface area contributed by atoms with Gasteiger partial charge < -0.3 is 10.1 Å². The van der Waals surface area contributed by atoms with Crippen LogP contribution in [0.1, 0.15) is 31.7 Å². The van der Waals surface area contributed by atoms with Crippen LogP contribution in [-0.2, 0) is 18.2 Å². The molecule has 1 aromatic rings. The third kappa shape index (κ3) is 3.56. The Kier molecular flexibility index (Phi) is 4.78. The highest BCUT2D eigenvalue weighted by Crippen LogP contribution is 2.33. The third-order valence-corrected chi connectivity index (χ3v) is 3.86. The molecule has 1 aromatic heterocycles. The lowest BCUT2D eigenvalue weighted by atomic mass is 9.77. The maximum absolute atomic E-state index is 5.72. The Morgan fingerprint density at radius 1 is 1.56 bits per heavy atom. The first-order valence-electron chi connectivity index (χ1n) is 7.00. The van der Waals surface area contributed by atoms with Gasteiger partial charge in [0.1, 0.15) is 0 Å². The van der Waals surface area contributed by atoms with Gasteiger partial charge in [0.2, 0.25) is 0 Å². The van der Waals surface area contributed by atoms with Crippen molar-refractivity contribution in [3.8, 4) is 0 Å². The standard InChI is InChI=1S/C14H25N3O/c1-3-15-11-14(6-4-8-18-12-14)7-5-13-9-16-17(2)10-13/h9-10,15H,3-8,11-12H2,1-2H3. The molecule has 4 nitrogen and oxygen atoms in total. The van der Waals surface area contributed by atoms with Crippen molar-refractivity contribution in [1.82, 2.24) is 15.1 Å². The Hall–Kier alpha value is -0.870. The van der Waals surface area contributed by atoms with Crippen LogP contribution in [-0.4, -0.2) is 36.1 Å². The summed E-state index contributed by atoms with van der Waals surface area (Å²) in [5.41, 5.74) is 1.66. The smallest absolute Gasteiger partial charge is 0.0534 e. The molecule has 0 saturated carbocycles. The molecule has 0 bridgehead atoms. The van der Waals surface area contributed by atoms with Crippen molar-refractivity contribution in [2.24, 2.45) is 12.5 Å². The van der Waals surface area contributed by atoms with Crippen LogP contribution >= 0.6 is 0 Å². The first-order valence-corrected chi connectivity index (χ1v) is 7.00. The van der Waals surface area contributed by atoms with E-state index in [-0.39, 0.29) is 0 Å². The predicted molar refractivity (Wildman–Crippen MR) is 72.6 cm³/mol. The first-order chi connectivity index (χ1) is 8.74. The van der Waals surface area contributed by atoms with E-state index in [1.807, 2.05) is 17.9 Å². The number of nitrogens with one attached hydrogen (secondary N) is 1. The molecule has 0 spiro atoms. The monoisotopic (exact) mass is 251 g/mol. The second-order valence-electron chi connectivity index (χ2n) is 5.46. The Labute approximate surface area is 110 Å². The molecule has 0 aliphatic carbocycles. The van der Waals surface area contributed by atoms with Gasteiger partial charge in [-0.25, -0.2) is 0 Å². The van der Waals surface area contributed by atoms with Crippen molar-refractivity contribution in [2.75, 3.05) is 26.3 Å². The Morgan fingerprint density at radius 2 is 2.44 bits per heavy atom. The number of aryl methyl sites for hydroxylation is 2. The summed E-state index contributed by atoms with van der Waals surface area (Å²) in [4.78, 5) is 0. The van der Waals surface area contributed by atoms with Crippen molar-refractivity contribution in [3.63, 3.8) is 0 Å². The molecule has 18 heavy (non-hydrogen) atoms. The zero-order valence-electron chi connectivity index (χ0n) is 11.6. The lowest BCUT2D eigenvalue weighted by Gasteiger charge is -2.37. The topological polar surface area (TPSA) is 39.1 Å². The van der Waals surface area contributed by atoms with Crippen LogP contribution in [0.15, 0.2) is 12.4 Å². The molecule has 0 aromatic carbocycles. The van der Waals surface area contributed by atoms with Crippen LogP contribution < -0.4 is 5.32 Å². The van der Waals surface area contributed by atoms with Gasteiger partial charge in [0.25, 0.3) is 0 Å². The number of rotatable bonds is 6. The fourth-order valence-electron chi connectivity index (χ4n) is 2.74. The summed E-state index contributed by atoms with van der Waals surface area (Å²) < 4.78 is 7.59. The minimum Gasteiger partial charge on any atom is -0.381 e. The van der Waals surface area contributed by atoms with Gasteiger partial charge in [-0.3, -0.25) is 4.68 Å². The molecule has 1 N–H and O–H groups in total. The fourth-order valence-corrected chi connectivity index (χ4v) is 2.74. The number of hydrogen-bond acceptors (Lipinski definition) is 3. The summed E-state index contributed by atoms with van der Waals surface area (Å²) in [5.74, 6) is 0. The summed E-state index contributed by atoms with van der Waals surface area (Å²) >= 11 is 0. The molecule has 1 atom stereocenters. The van der Waals surface area contributed by atoms with Gasteiger partial charge in [0, 0.05) is 31.8 Å². The van der Waals surface area contributed by atoms with E-state index in [4.69, 9.17) is 4.74 Å². The van der Waals surface area contributed by atoms with Gasteiger partial charge in [-0.15, -0.1) is 0 Å². The molecule has 1 unspecified atom stereocenters. The van der Waals surface area contributed by atoms with E-state index in [0.717, 1.165) is 32.7 Å². The molecule has 4 heteroatoms. The second-order valence-corrected chi connectivity index (χ2v) is 5.46. The van der Waals surface area contributed by atoms with Crippen molar-refractivity contribution < 1.29 is 4.74 Å². The Balaban J connectivity index is 1.91. The van der Waals surface area contributed by atoms with Gasteiger partial charge in [-0.05, 0) is 37.8 Å². The summed E-state index contributed by atoms with van der Waals surface area (Å²) in [6, 6.07) is 0. The zero-order chi connectivity index (χ0) is 12.8. The van der Waals surface area contributed by atoms with E-state index in [2.05, 4.69) is 23.5 Å². The highest BCUT2D eigenvalue weighted by molar-refractivity contribution is 5.05. The molecule has 1 saturated heterocycles. The molecular weight excluding hydrogens is 226 g/mol. The van der Waals surface area contributed by atoms with Crippen LogP contribution in [0.2, 0.25) is 0 Å². The number of hydrogen-bond donors (Lipinski definition) is 1. The van der Waals surface area contributed by atoms with E-state index in [9.17, 15) is 0 Å². The summed E-state index contributed by atoms with van der Waals surface area (Å²) in [5, 5.41) is 7.73. The largest absolute Gasteiger partial charge is 0.381 e. The van der Waals surface area contributed by atoms with E-state index in [1.165, 1.54) is 24.8 Å². The first kappa shape index (κ1) is 13.6. The van der Waals surface area contributed by atoms with Crippen molar-refractivity contribution in [2.45, 2.75) is 32.6 Å². The Bertz CT molecular complexity index is 356. The van der Waals surface area contributed by atoms with Crippen molar-refractivity contribution >= 4 is 0 Å². The van der Waals surface area contributed by atoms with Crippen LogP contribution in [0, 0.1) is 5.41 Å². The molecule has 1 fully saturated rings. The Morgan fingerprint density at radius 3 is 3.06 bits per heavy atom. The van der Waals surface area contributed by atoms with Crippen LogP contribution in [0.4, 0.5) is 0 Å². The quantitative estimate of drug-likeness (QED) is 0.837. The SMILES string of the molecule is CCNCC1(CCc2cnn(C)c2)CCCOC1. The molecule has 2 heterocycles. The lowest BCUT2D eigenvalue weighted by molar-refractivity contribution is -0.0116.